The second kappa shape index (κ2) is 13.8. The number of rotatable bonds is 11. The first-order chi connectivity index (χ1) is 23.0. The van der Waals surface area contributed by atoms with E-state index in [1.54, 1.807) is 46.6 Å². The van der Waals surface area contributed by atoms with E-state index in [1.807, 2.05) is 31.2 Å². The van der Waals surface area contributed by atoms with E-state index in [2.05, 4.69) is 66.3 Å². The van der Waals surface area contributed by atoms with Gasteiger partial charge < -0.3 is 0 Å². The van der Waals surface area contributed by atoms with Gasteiger partial charge in [-0.25, -0.2) is 14.0 Å². The number of hydrogen-bond donors (Lipinski definition) is 0. The predicted molar refractivity (Wildman–Crippen MR) is 169 cm³/mol. The van der Waals surface area contributed by atoms with Gasteiger partial charge in [0.2, 0.25) is 0 Å². The Morgan fingerprint density at radius 2 is 1.57 bits per heavy atom. The quantitative estimate of drug-likeness (QED) is 0.134. The van der Waals surface area contributed by atoms with Crippen molar-refractivity contribution in [2.45, 2.75) is 42.8 Å². The van der Waals surface area contributed by atoms with Crippen LogP contribution in [-0.4, -0.2) is 76.2 Å². The van der Waals surface area contributed by atoms with Gasteiger partial charge in [0, 0.05) is 0 Å². The summed E-state index contributed by atoms with van der Waals surface area (Å²) in [7, 11) is 0. The van der Waals surface area contributed by atoms with Gasteiger partial charge in [-0.2, -0.15) is 5.10 Å². The fourth-order valence-electron chi connectivity index (χ4n) is 5.65. The Balaban J connectivity index is 0.913. The average molecular weight is 752 g/mol. The van der Waals surface area contributed by atoms with E-state index >= 15 is 0 Å². The van der Waals surface area contributed by atoms with Crippen molar-refractivity contribution in [1.82, 2.24) is 39.3 Å². The molecule has 0 saturated carbocycles. The zero-order valence-corrected chi connectivity index (χ0v) is 28.3. The molecular weight excluding hydrogens is 715 g/mol. The molecule has 2 aliphatic heterocycles. The summed E-state index contributed by atoms with van der Waals surface area (Å²) in [4.78, 5) is 27.7. The summed E-state index contributed by atoms with van der Waals surface area (Å²) in [6.45, 7) is 8.30. The van der Waals surface area contributed by atoms with Crippen LogP contribution in [0, 0.1) is 0 Å². The molecule has 3 aromatic heterocycles. The SMILES string of the molecule is CCC(C)n1ncn(-c2ccc(N3CCN(c4ccc(O[I-][C@@H]5CO[C@@](Cn6nccn6)(c6cnccn6)O5)cc4)CC3)cc2)c1=O. The molecule has 0 amide bonds. The summed E-state index contributed by atoms with van der Waals surface area (Å²) in [5.74, 6) is -0.310. The first-order valence-electron chi connectivity index (χ1n) is 15.6. The van der Waals surface area contributed by atoms with Crippen molar-refractivity contribution >= 4 is 11.4 Å². The monoisotopic (exact) mass is 751 g/mol. The Morgan fingerprint density at radius 1 is 0.915 bits per heavy atom. The van der Waals surface area contributed by atoms with E-state index in [0.717, 1.165) is 55.4 Å². The summed E-state index contributed by atoms with van der Waals surface area (Å²) in [6.07, 6.45) is 10.6. The molecule has 0 N–H and O–H groups in total. The Hall–Kier alpha value is -4.35. The third kappa shape index (κ3) is 6.73. The van der Waals surface area contributed by atoms with E-state index in [0.29, 0.717) is 12.3 Å². The van der Waals surface area contributed by atoms with Crippen LogP contribution in [0.3, 0.4) is 0 Å². The number of anilines is 2. The predicted octanol–water partition coefficient (Wildman–Crippen LogP) is 0.0220. The van der Waals surface area contributed by atoms with Crippen LogP contribution < -0.4 is 40.2 Å². The second-order valence-corrected chi connectivity index (χ2v) is 13.7. The van der Waals surface area contributed by atoms with Crippen LogP contribution in [-0.2, 0) is 21.8 Å². The minimum atomic E-state index is -1.12. The molecule has 1 unspecified atom stereocenters. The van der Waals surface area contributed by atoms with E-state index in [9.17, 15) is 4.79 Å². The fraction of sp³-hybridized carbons (Fsp3) is 0.375. The number of hydrogen-bond acceptors (Lipinski definition) is 11. The number of piperazine rings is 1. The van der Waals surface area contributed by atoms with Crippen LogP contribution in [0.1, 0.15) is 32.0 Å². The normalized spacial score (nSPS) is 20.5. The van der Waals surface area contributed by atoms with Gasteiger partial charge in [-0.05, 0) is 13.3 Å². The maximum absolute atomic E-state index is 12.8. The van der Waals surface area contributed by atoms with Gasteiger partial charge >= 0.3 is 226 Å². The molecule has 14 nitrogen and oxygen atoms in total. The van der Waals surface area contributed by atoms with Gasteiger partial charge in [0.1, 0.15) is 6.33 Å². The van der Waals surface area contributed by atoms with Crippen molar-refractivity contribution in [3.8, 4) is 11.4 Å². The van der Waals surface area contributed by atoms with Crippen LogP contribution in [0.15, 0.2) is 90.6 Å². The van der Waals surface area contributed by atoms with E-state index in [4.69, 9.17) is 12.5 Å². The van der Waals surface area contributed by atoms with Gasteiger partial charge in [0.25, 0.3) is 0 Å². The minimum Gasteiger partial charge on any atom is -0.246 e. The third-order valence-corrected chi connectivity index (χ3v) is 10.4. The number of aromatic nitrogens is 8. The molecule has 2 aliphatic rings. The first kappa shape index (κ1) is 31.3. The van der Waals surface area contributed by atoms with Crippen molar-refractivity contribution in [1.29, 1.82) is 0 Å². The molecule has 2 aromatic carbocycles. The smallest absolute Gasteiger partial charge is 0.246 e. The topological polar surface area (TPSA) is 130 Å². The van der Waals surface area contributed by atoms with E-state index in [1.165, 1.54) is 4.80 Å². The van der Waals surface area contributed by atoms with Gasteiger partial charge in [-0.3, -0.25) is 0 Å². The van der Waals surface area contributed by atoms with Gasteiger partial charge in [0.15, 0.2) is 0 Å². The van der Waals surface area contributed by atoms with Crippen LogP contribution in [0.5, 0.6) is 5.75 Å². The summed E-state index contributed by atoms with van der Waals surface area (Å²) in [6, 6.07) is 16.5. The third-order valence-electron chi connectivity index (χ3n) is 8.44. The first-order valence-corrected chi connectivity index (χ1v) is 17.7. The zero-order chi connectivity index (χ0) is 32.2. The molecule has 5 aromatic rings. The number of nitrogens with zero attached hydrogens (tertiary/aromatic N) is 10. The fourth-order valence-corrected chi connectivity index (χ4v) is 7.36. The molecule has 2 saturated heterocycles. The summed E-state index contributed by atoms with van der Waals surface area (Å²) < 4.78 is 21.8. The van der Waals surface area contributed by atoms with Gasteiger partial charge in [-0.15, -0.1) is 0 Å². The van der Waals surface area contributed by atoms with Crippen molar-refractivity contribution in [3.05, 3.63) is 102 Å². The second-order valence-electron chi connectivity index (χ2n) is 11.4. The maximum atomic E-state index is 12.8. The standard InChI is InChI=1S/C32H36IN10O4/c1-3-24(2)43-31(44)41(23-38-43)27-6-4-25(5-7-27)39-16-18-40(19-17-39)26-8-10-28(11-9-26)47-33-30-21-45-32(46-30,22-42-36-14-15-37-42)29-20-34-12-13-35-29/h4-15,20,23-24,30H,3,16-19,21-22H2,1-2H3/q-1/t24?,30-,32+/m0/s1. The Kier molecular flexibility index (Phi) is 9.17. The van der Waals surface area contributed by atoms with Crippen molar-refractivity contribution in [3.63, 3.8) is 0 Å². The molecule has 5 heterocycles. The number of benzene rings is 2. The minimum absolute atomic E-state index is 0.0698. The molecule has 47 heavy (non-hydrogen) atoms. The van der Waals surface area contributed by atoms with Crippen molar-refractivity contribution in [2.24, 2.45) is 0 Å². The molecule has 0 aliphatic carbocycles. The van der Waals surface area contributed by atoms with Gasteiger partial charge in [0.05, 0.1) is 11.7 Å². The summed E-state index contributed by atoms with van der Waals surface area (Å²) in [5, 5.41) is 12.7. The van der Waals surface area contributed by atoms with Crippen LogP contribution in [0.4, 0.5) is 11.4 Å². The summed E-state index contributed by atoms with van der Waals surface area (Å²) in [5.41, 5.74) is 3.59. The van der Waals surface area contributed by atoms with Crippen LogP contribution in [0.25, 0.3) is 5.69 Å². The van der Waals surface area contributed by atoms with E-state index in [-0.39, 0.29) is 22.4 Å². The Bertz CT molecular complexity index is 1790. The molecule has 3 atom stereocenters. The van der Waals surface area contributed by atoms with Crippen molar-refractivity contribution < 1.29 is 34.2 Å². The summed E-state index contributed by atoms with van der Waals surface area (Å²) >= 11 is -0.843. The van der Waals surface area contributed by atoms with E-state index < -0.39 is 27.4 Å². The van der Waals surface area contributed by atoms with Crippen LogP contribution >= 0.6 is 0 Å². The molecule has 2 fully saturated rings. The van der Waals surface area contributed by atoms with Crippen molar-refractivity contribution in [2.75, 3.05) is 42.6 Å². The molecule has 246 valence electrons. The Labute approximate surface area is 282 Å². The molecule has 0 bridgehead atoms. The average Bonchev–Trinajstić information content (AvgIpc) is 3.89. The number of alkyl halides is 1. The zero-order valence-electron chi connectivity index (χ0n) is 26.2. The molecule has 0 spiro atoms. The molecular formula is C32H36IN10O4-. The number of ether oxygens (including phenoxy) is 2. The van der Waals surface area contributed by atoms with Crippen LogP contribution in [0.2, 0.25) is 0 Å². The van der Waals surface area contributed by atoms with Gasteiger partial charge in [-0.1, -0.05) is 6.92 Å². The molecule has 15 heteroatoms. The molecule has 7 rings (SSSR count). The number of halogens is 1. The Morgan fingerprint density at radius 3 is 2.21 bits per heavy atom. The molecule has 0 radical (unpaired) electrons.